The third kappa shape index (κ3) is 9.68. The zero-order chi connectivity index (χ0) is 60.2. The molecule has 0 aliphatic carbocycles. The number of para-hydroxylation sites is 2. The molecule has 0 radical (unpaired) electrons. The molecule has 17 aromatic rings. The quantitative estimate of drug-likeness (QED) is 0.113. The Morgan fingerprint density at radius 1 is 0.187 bits per heavy atom. The third-order valence-corrected chi connectivity index (χ3v) is 19.5. The predicted octanol–water partition coefficient (Wildman–Crippen LogP) is 25.6. The van der Waals surface area contributed by atoms with Gasteiger partial charge in [0.2, 0.25) is 0 Å². The maximum atomic E-state index is 2.48. The van der Waals surface area contributed by atoms with Crippen molar-refractivity contribution in [1.29, 1.82) is 0 Å². The van der Waals surface area contributed by atoms with E-state index in [-0.39, 0.29) is 0 Å². The van der Waals surface area contributed by atoms with Gasteiger partial charge < -0.3 is 9.80 Å². The summed E-state index contributed by atoms with van der Waals surface area (Å²) in [7, 11) is 0. The first-order valence-electron chi connectivity index (χ1n) is 31.2. The van der Waals surface area contributed by atoms with Crippen molar-refractivity contribution in [3.8, 4) is 66.8 Å². The summed E-state index contributed by atoms with van der Waals surface area (Å²) in [5.74, 6) is 0. The van der Waals surface area contributed by atoms with Gasteiger partial charge >= 0.3 is 0 Å². The zero-order valence-electron chi connectivity index (χ0n) is 49.8. The van der Waals surface area contributed by atoms with E-state index in [2.05, 4.69) is 362 Å². The smallest absolute Gasteiger partial charge is 0.0540 e. The summed E-state index contributed by atoms with van der Waals surface area (Å²) in [6.07, 6.45) is 0. The maximum absolute atomic E-state index is 2.48. The van der Waals surface area contributed by atoms with Gasteiger partial charge in [0.15, 0.2) is 0 Å². The Balaban J connectivity index is 0.815. The van der Waals surface area contributed by atoms with E-state index in [1.54, 1.807) is 0 Å². The lowest BCUT2D eigenvalue weighted by molar-refractivity contribution is 1.28. The van der Waals surface area contributed by atoms with Crippen LogP contribution in [0, 0.1) is 0 Å². The van der Waals surface area contributed by atoms with Gasteiger partial charge in [-0.1, -0.05) is 285 Å². The molecule has 1 heterocycles. The molecule has 0 N–H and O–H groups in total. The van der Waals surface area contributed by atoms with Crippen molar-refractivity contribution in [3.63, 3.8) is 0 Å². The van der Waals surface area contributed by atoms with E-state index in [0.717, 1.165) is 61.8 Å². The second kappa shape index (κ2) is 22.8. The van der Waals surface area contributed by atoms with Crippen molar-refractivity contribution in [2.24, 2.45) is 0 Å². The van der Waals surface area contributed by atoms with Gasteiger partial charge in [-0.15, -0.1) is 11.3 Å². The normalized spacial score (nSPS) is 11.5. The van der Waals surface area contributed by atoms with Gasteiger partial charge in [-0.3, -0.25) is 0 Å². The fourth-order valence-corrected chi connectivity index (χ4v) is 15.1. The van der Waals surface area contributed by atoms with Crippen LogP contribution < -0.4 is 9.80 Å². The number of anilines is 6. The Bertz CT molecular complexity index is 5590. The number of nitrogens with zero attached hydrogens (tertiary/aromatic N) is 2. The largest absolute Gasteiger partial charge is 0.310 e. The minimum absolute atomic E-state index is 1.05. The van der Waals surface area contributed by atoms with Crippen LogP contribution in [-0.2, 0) is 0 Å². The van der Waals surface area contributed by atoms with Crippen molar-refractivity contribution >= 4 is 109 Å². The second-order valence-corrected chi connectivity index (χ2v) is 24.6. The molecule has 91 heavy (non-hydrogen) atoms. The number of fused-ring (bicyclic) bond motifs is 8. The van der Waals surface area contributed by atoms with Gasteiger partial charge in [0.05, 0.1) is 17.1 Å². The lowest BCUT2D eigenvalue weighted by atomic mass is 9.94. The molecule has 0 atom stereocenters. The molecule has 0 unspecified atom stereocenters. The molecule has 0 aliphatic rings. The molecule has 426 valence electrons. The SMILES string of the molecule is c1ccc(-c2ccc(-c3ccccc3N(c3cccc(-c4ccccc4N(c4ccc(-c5cccc6ccccc56)cc4)c4ccc5c(ccc6cc(-c7cccc8c7sc7ccccc78)ccc65)c4)c3)c3ccc(-c4ccccc4)c4ccccc34)cc2)cc1. The van der Waals surface area contributed by atoms with Gasteiger partial charge in [-0.25, -0.2) is 0 Å². The molecule has 2 nitrogen and oxygen atoms in total. The molecule has 0 saturated carbocycles. The average molecular weight is 1180 g/mol. The van der Waals surface area contributed by atoms with Gasteiger partial charge in [0.1, 0.15) is 0 Å². The number of hydrogen-bond donors (Lipinski definition) is 0. The minimum atomic E-state index is 1.05. The summed E-state index contributed by atoms with van der Waals surface area (Å²) in [6, 6.07) is 129. The van der Waals surface area contributed by atoms with E-state index in [0.29, 0.717) is 0 Å². The van der Waals surface area contributed by atoms with E-state index in [1.165, 1.54) is 102 Å². The molecule has 1 aromatic heterocycles. The van der Waals surface area contributed by atoms with Crippen LogP contribution in [0.25, 0.3) is 130 Å². The Morgan fingerprint density at radius 3 is 1.44 bits per heavy atom. The Hall–Kier alpha value is -11.6. The summed E-state index contributed by atoms with van der Waals surface area (Å²) in [5, 5.41) is 12.3. The third-order valence-electron chi connectivity index (χ3n) is 18.3. The second-order valence-electron chi connectivity index (χ2n) is 23.5. The van der Waals surface area contributed by atoms with Crippen molar-refractivity contribution < 1.29 is 0 Å². The van der Waals surface area contributed by atoms with Crippen molar-refractivity contribution in [2.45, 2.75) is 0 Å². The average Bonchev–Trinajstić information content (AvgIpc) is 2.25. The van der Waals surface area contributed by atoms with Gasteiger partial charge in [-0.05, 0) is 160 Å². The first-order valence-corrected chi connectivity index (χ1v) is 32.0. The lowest BCUT2D eigenvalue weighted by Gasteiger charge is -2.31. The standard InChI is InChI=1S/C88H58N2S/c1-3-20-59(21-4-1)60-40-42-64(43-41-60)77-29-11-15-38-85(77)90(86-55-54-74(61-22-5-2-6-23-61)80-31-9-10-32-81(80)86)70-27-17-26-65(57-70)78-30-12-14-37-84(78)89(69-49-46-63(47-50-69)73-34-18-25-62-24-7-8-28-72(62)73)71-51-53-76-68(58-71)45-44-66-56-67(48-52-75(66)76)79-35-19-36-83-82-33-13-16-39-87(82)91-88(79)83/h1-58H. The van der Waals surface area contributed by atoms with E-state index >= 15 is 0 Å². The maximum Gasteiger partial charge on any atom is 0.0540 e. The Morgan fingerprint density at radius 2 is 0.648 bits per heavy atom. The summed E-state index contributed by atoms with van der Waals surface area (Å²) in [4.78, 5) is 4.93. The first kappa shape index (κ1) is 53.6. The summed E-state index contributed by atoms with van der Waals surface area (Å²) in [6.45, 7) is 0. The molecule has 0 amide bonds. The van der Waals surface area contributed by atoms with E-state index < -0.39 is 0 Å². The van der Waals surface area contributed by atoms with E-state index in [1.807, 2.05) is 11.3 Å². The van der Waals surface area contributed by atoms with Crippen LogP contribution in [0.4, 0.5) is 34.1 Å². The first-order chi connectivity index (χ1) is 45.1. The monoisotopic (exact) mass is 1170 g/mol. The summed E-state index contributed by atoms with van der Waals surface area (Å²) < 4.78 is 2.65. The molecule has 3 heteroatoms. The molecule has 0 spiro atoms. The van der Waals surface area contributed by atoms with E-state index in [4.69, 9.17) is 0 Å². The predicted molar refractivity (Wildman–Crippen MR) is 391 cm³/mol. The fraction of sp³-hybridized carbons (Fsp3) is 0. The van der Waals surface area contributed by atoms with Crippen molar-refractivity contribution in [1.82, 2.24) is 0 Å². The number of rotatable bonds is 12. The molecule has 17 rings (SSSR count). The van der Waals surface area contributed by atoms with Crippen molar-refractivity contribution in [3.05, 3.63) is 352 Å². The van der Waals surface area contributed by atoms with Crippen LogP contribution in [0.3, 0.4) is 0 Å². The molecule has 0 bridgehead atoms. The van der Waals surface area contributed by atoms with Gasteiger partial charge in [0, 0.05) is 53.7 Å². The molecule has 16 aromatic carbocycles. The number of thiophene rings is 1. The van der Waals surface area contributed by atoms with Crippen LogP contribution in [0.2, 0.25) is 0 Å². The Labute approximate surface area is 533 Å². The molecular weight excluding hydrogens is 1120 g/mol. The fourth-order valence-electron chi connectivity index (χ4n) is 13.9. The number of benzene rings is 16. The highest BCUT2D eigenvalue weighted by atomic mass is 32.1. The molecule has 0 saturated heterocycles. The van der Waals surface area contributed by atoms with Crippen LogP contribution in [-0.4, -0.2) is 0 Å². The Kier molecular flexibility index (Phi) is 13.4. The molecular formula is C88H58N2S. The number of hydrogen-bond acceptors (Lipinski definition) is 3. The molecule has 0 fully saturated rings. The van der Waals surface area contributed by atoms with Crippen LogP contribution >= 0.6 is 11.3 Å². The van der Waals surface area contributed by atoms with E-state index in [9.17, 15) is 0 Å². The topological polar surface area (TPSA) is 6.48 Å². The van der Waals surface area contributed by atoms with Crippen LogP contribution in [0.5, 0.6) is 0 Å². The highest BCUT2D eigenvalue weighted by Crippen LogP contribution is 2.49. The lowest BCUT2D eigenvalue weighted by Crippen LogP contribution is -2.13. The van der Waals surface area contributed by atoms with Crippen LogP contribution in [0.1, 0.15) is 0 Å². The zero-order valence-corrected chi connectivity index (χ0v) is 50.6. The van der Waals surface area contributed by atoms with Gasteiger partial charge in [-0.2, -0.15) is 0 Å². The minimum Gasteiger partial charge on any atom is -0.310 e. The van der Waals surface area contributed by atoms with Crippen molar-refractivity contribution in [2.75, 3.05) is 9.80 Å². The highest BCUT2D eigenvalue weighted by Gasteiger charge is 2.24. The summed E-state index contributed by atoms with van der Waals surface area (Å²) >= 11 is 1.88. The molecule has 0 aliphatic heterocycles. The highest BCUT2D eigenvalue weighted by molar-refractivity contribution is 7.26. The van der Waals surface area contributed by atoms with Gasteiger partial charge in [0.25, 0.3) is 0 Å². The summed E-state index contributed by atoms with van der Waals surface area (Å²) in [5.41, 5.74) is 20.6. The van der Waals surface area contributed by atoms with Crippen LogP contribution in [0.15, 0.2) is 352 Å².